The number of carbonyl (C=O) groups excluding carboxylic acids is 2. The van der Waals surface area contributed by atoms with E-state index in [4.69, 9.17) is 9.47 Å². The van der Waals surface area contributed by atoms with E-state index < -0.39 is 10.0 Å². The third kappa shape index (κ3) is 7.45. The van der Waals surface area contributed by atoms with Crippen molar-refractivity contribution >= 4 is 33.5 Å². The van der Waals surface area contributed by atoms with Crippen LogP contribution in [0.3, 0.4) is 0 Å². The lowest BCUT2D eigenvalue weighted by atomic mass is 10.1. The van der Waals surface area contributed by atoms with Crippen LogP contribution in [0.5, 0.6) is 11.5 Å². The molecule has 0 atom stereocenters. The molecule has 0 aliphatic rings. The number of amides is 1. The first-order valence-corrected chi connectivity index (χ1v) is 11.3. The van der Waals surface area contributed by atoms with Crippen LogP contribution in [0.2, 0.25) is 0 Å². The van der Waals surface area contributed by atoms with Crippen LogP contribution < -0.4 is 19.5 Å². The molecule has 8 nitrogen and oxygen atoms in total. The summed E-state index contributed by atoms with van der Waals surface area (Å²) >= 11 is 0. The van der Waals surface area contributed by atoms with E-state index in [1.165, 1.54) is 25.3 Å². The zero-order valence-corrected chi connectivity index (χ0v) is 18.5. The van der Waals surface area contributed by atoms with Crippen molar-refractivity contribution < 1.29 is 27.5 Å². The fourth-order valence-electron chi connectivity index (χ4n) is 2.52. The first-order valence-electron chi connectivity index (χ1n) is 9.68. The van der Waals surface area contributed by atoms with Crippen molar-refractivity contribution in [1.29, 1.82) is 0 Å². The van der Waals surface area contributed by atoms with Crippen LogP contribution in [0, 0.1) is 0 Å². The van der Waals surface area contributed by atoms with Gasteiger partial charge in [-0.25, -0.2) is 8.42 Å². The van der Waals surface area contributed by atoms with Crippen molar-refractivity contribution in [2.75, 3.05) is 30.7 Å². The van der Waals surface area contributed by atoms with Crippen LogP contribution in [-0.2, 0) is 14.8 Å². The minimum Gasteiger partial charge on any atom is -0.493 e. The highest BCUT2D eigenvalue weighted by Crippen LogP contribution is 2.28. The molecule has 0 aromatic heterocycles. The molecule has 2 aromatic rings. The quantitative estimate of drug-likeness (QED) is 0.406. The predicted molar refractivity (Wildman–Crippen MR) is 120 cm³/mol. The monoisotopic (exact) mass is 446 g/mol. The molecule has 2 aromatic carbocycles. The van der Waals surface area contributed by atoms with Gasteiger partial charge in [-0.2, -0.15) is 0 Å². The summed E-state index contributed by atoms with van der Waals surface area (Å²) in [6, 6.07) is 11.3. The van der Waals surface area contributed by atoms with Crippen LogP contribution in [0.15, 0.2) is 48.5 Å². The van der Waals surface area contributed by atoms with Gasteiger partial charge in [0.2, 0.25) is 10.0 Å². The average molecular weight is 447 g/mol. The molecule has 1 amide bonds. The van der Waals surface area contributed by atoms with Crippen LogP contribution in [-0.4, -0.2) is 46.1 Å². The first-order chi connectivity index (χ1) is 14.8. The second-order valence-electron chi connectivity index (χ2n) is 6.43. The highest BCUT2D eigenvalue weighted by molar-refractivity contribution is 7.92. The van der Waals surface area contributed by atoms with Gasteiger partial charge in [-0.1, -0.05) is 12.1 Å². The number of allylic oxidation sites excluding steroid dienone is 1. The van der Waals surface area contributed by atoms with E-state index in [0.29, 0.717) is 34.9 Å². The van der Waals surface area contributed by atoms with Gasteiger partial charge in [-0.05, 0) is 61.9 Å². The highest BCUT2D eigenvalue weighted by Gasteiger charge is 2.09. The molecule has 0 heterocycles. The number of hydrogen-bond acceptors (Lipinski definition) is 6. The summed E-state index contributed by atoms with van der Waals surface area (Å²) in [6.07, 6.45) is 3.04. The Bertz CT molecular complexity index is 1050. The minimum absolute atomic E-state index is 0.0321. The van der Waals surface area contributed by atoms with E-state index in [2.05, 4.69) is 10.0 Å². The van der Waals surface area contributed by atoms with Gasteiger partial charge in [0, 0.05) is 17.8 Å². The van der Waals surface area contributed by atoms with E-state index in [9.17, 15) is 18.0 Å². The number of rotatable bonds is 11. The van der Waals surface area contributed by atoms with E-state index >= 15 is 0 Å². The van der Waals surface area contributed by atoms with Gasteiger partial charge in [0.25, 0.3) is 5.91 Å². The van der Waals surface area contributed by atoms with Crippen molar-refractivity contribution in [2.24, 2.45) is 0 Å². The van der Waals surface area contributed by atoms with Gasteiger partial charge < -0.3 is 14.8 Å². The molecule has 0 saturated heterocycles. The van der Waals surface area contributed by atoms with Crippen molar-refractivity contribution in [1.82, 2.24) is 5.32 Å². The molecule has 31 heavy (non-hydrogen) atoms. The molecule has 0 bridgehead atoms. The predicted octanol–water partition coefficient (Wildman–Crippen LogP) is 2.87. The normalized spacial score (nSPS) is 11.2. The Morgan fingerprint density at radius 1 is 1.03 bits per heavy atom. The molecule has 0 radical (unpaired) electrons. The van der Waals surface area contributed by atoms with Crippen molar-refractivity contribution in [3.8, 4) is 11.5 Å². The summed E-state index contributed by atoms with van der Waals surface area (Å²) < 4.78 is 36.4. The molecule has 0 spiro atoms. The number of anilines is 1. The Balaban J connectivity index is 2.05. The van der Waals surface area contributed by atoms with E-state index in [1.807, 2.05) is 6.92 Å². The number of hydrogen-bond donors (Lipinski definition) is 2. The van der Waals surface area contributed by atoms with E-state index in [-0.39, 0.29) is 24.1 Å². The highest BCUT2D eigenvalue weighted by atomic mass is 32.2. The number of methoxy groups -OCH3 is 1. The maximum absolute atomic E-state index is 12.4. The van der Waals surface area contributed by atoms with Crippen molar-refractivity contribution in [3.05, 3.63) is 59.7 Å². The molecular weight excluding hydrogens is 420 g/mol. The van der Waals surface area contributed by atoms with Crippen LogP contribution in [0.25, 0.3) is 6.08 Å². The lowest BCUT2D eigenvalue weighted by Gasteiger charge is -2.11. The Hall–Kier alpha value is -3.33. The standard InChI is InChI=1S/C22H26N2O6S/c1-4-23-22(26)15-30-20-13-7-16(14-21(20)29-3)6-12-19(25)17-8-10-18(11-9-17)24-31(27,28)5-2/h6-14,24H,4-5,15H2,1-3H3,(H,23,26)/b12-6+. The molecule has 2 N–H and O–H groups in total. The van der Waals surface area contributed by atoms with Crippen LogP contribution in [0.1, 0.15) is 29.8 Å². The second kappa shape index (κ2) is 11.2. The van der Waals surface area contributed by atoms with E-state index in [1.54, 1.807) is 43.3 Å². The Morgan fingerprint density at radius 2 is 1.74 bits per heavy atom. The maximum atomic E-state index is 12.4. The van der Waals surface area contributed by atoms with Crippen molar-refractivity contribution in [2.45, 2.75) is 13.8 Å². The summed E-state index contributed by atoms with van der Waals surface area (Å²) in [5, 5.41) is 2.64. The molecule has 0 unspecified atom stereocenters. The Kier molecular flexibility index (Phi) is 8.63. The minimum atomic E-state index is -3.37. The molecule has 0 saturated carbocycles. The Morgan fingerprint density at radius 3 is 2.35 bits per heavy atom. The lowest BCUT2D eigenvalue weighted by molar-refractivity contribution is -0.123. The molecule has 2 rings (SSSR count). The van der Waals surface area contributed by atoms with Crippen LogP contribution in [0.4, 0.5) is 5.69 Å². The van der Waals surface area contributed by atoms with Crippen LogP contribution >= 0.6 is 0 Å². The smallest absolute Gasteiger partial charge is 0.257 e. The molecule has 9 heteroatoms. The lowest BCUT2D eigenvalue weighted by Crippen LogP contribution is -2.28. The van der Waals surface area contributed by atoms with Gasteiger partial charge >= 0.3 is 0 Å². The summed E-state index contributed by atoms with van der Waals surface area (Å²) in [4.78, 5) is 23.9. The number of benzene rings is 2. The Labute approximate surface area is 182 Å². The number of sulfonamides is 1. The summed E-state index contributed by atoms with van der Waals surface area (Å²) in [7, 11) is -1.88. The largest absolute Gasteiger partial charge is 0.493 e. The topological polar surface area (TPSA) is 111 Å². The number of ether oxygens (including phenoxy) is 2. The summed E-state index contributed by atoms with van der Waals surface area (Å²) in [5.41, 5.74) is 1.53. The summed E-state index contributed by atoms with van der Waals surface area (Å²) in [5.74, 6) is 0.359. The fourth-order valence-corrected chi connectivity index (χ4v) is 3.16. The SMILES string of the molecule is CCNC(=O)COc1ccc(/C=C/C(=O)c2ccc(NS(=O)(=O)CC)cc2)cc1OC. The van der Waals surface area contributed by atoms with Crippen molar-refractivity contribution in [3.63, 3.8) is 0 Å². The average Bonchev–Trinajstić information content (AvgIpc) is 2.76. The van der Waals surface area contributed by atoms with Gasteiger partial charge in [-0.3, -0.25) is 14.3 Å². The zero-order valence-electron chi connectivity index (χ0n) is 17.7. The fraction of sp³-hybridized carbons (Fsp3) is 0.273. The van der Waals surface area contributed by atoms with Gasteiger partial charge in [0.05, 0.1) is 12.9 Å². The van der Waals surface area contributed by atoms with Gasteiger partial charge in [0.15, 0.2) is 23.9 Å². The number of carbonyl (C=O) groups is 2. The molecule has 0 aliphatic heterocycles. The first kappa shape index (κ1) is 23.9. The second-order valence-corrected chi connectivity index (χ2v) is 8.44. The van der Waals surface area contributed by atoms with Gasteiger partial charge in [-0.15, -0.1) is 0 Å². The maximum Gasteiger partial charge on any atom is 0.257 e. The third-order valence-electron chi connectivity index (χ3n) is 4.17. The molecule has 166 valence electrons. The number of likely N-dealkylation sites (N-methyl/N-ethyl adjacent to an activating group) is 1. The number of ketones is 1. The zero-order chi connectivity index (χ0) is 22.9. The van der Waals surface area contributed by atoms with Gasteiger partial charge in [0.1, 0.15) is 0 Å². The number of nitrogens with one attached hydrogen (secondary N) is 2. The molecule has 0 aliphatic carbocycles. The third-order valence-corrected chi connectivity index (χ3v) is 5.48. The molecular formula is C22H26N2O6S. The van der Waals surface area contributed by atoms with E-state index in [0.717, 1.165) is 0 Å². The summed E-state index contributed by atoms with van der Waals surface area (Å²) in [6.45, 7) is 3.77. The molecule has 0 fully saturated rings.